The molecule has 8 rings (SSSR count). The third kappa shape index (κ3) is 9.16. The lowest BCUT2D eigenvalue weighted by Gasteiger charge is -2.25. The molecule has 0 saturated heterocycles. The van der Waals surface area contributed by atoms with Crippen LogP contribution in [-0.4, -0.2) is 63.8 Å². The molecule has 0 bridgehead atoms. The number of aromatic nitrogens is 4. The van der Waals surface area contributed by atoms with Gasteiger partial charge in [-0.15, -0.1) is 0 Å². The Kier molecular flexibility index (Phi) is 12.7. The second-order valence-electron chi connectivity index (χ2n) is 14.7. The molecule has 0 spiro atoms. The quantitative estimate of drug-likeness (QED) is 0.0995. The summed E-state index contributed by atoms with van der Waals surface area (Å²) in [6.45, 7) is 3.72. The maximum Gasteiger partial charge on any atom is 0.273 e. The molecule has 2 heterocycles. The summed E-state index contributed by atoms with van der Waals surface area (Å²) in [7, 11) is 1.64. The number of fused-ring (bicyclic) bond motifs is 2. The Balaban J connectivity index is 0.000000177. The van der Waals surface area contributed by atoms with Gasteiger partial charge in [0.1, 0.15) is 0 Å². The van der Waals surface area contributed by atoms with E-state index in [1.54, 1.807) is 19.2 Å². The molecule has 4 amide bonds. The molecule has 2 aromatic heterocycles. The van der Waals surface area contributed by atoms with E-state index in [2.05, 4.69) is 41.2 Å². The first-order valence-corrected chi connectivity index (χ1v) is 19.6. The van der Waals surface area contributed by atoms with Gasteiger partial charge in [0.2, 0.25) is 0 Å². The van der Waals surface area contributed by atoms with Crippen molar-refractivity contribution in [3.8, 4) is 0 Å². The van der Waals surface area contributed by atoms with Gasteiger partial charge in [-0.1, -0.05) is 73.5 Å². The summed E-state index contributed by atoms with van der Waals surface area (Å²) in [4.78, 5) is 67.7. The van der Waals surface area contributed by atoms with E-state index in [9.17, 15) is 19.2 Å². The summed E-state index contributed by atoms with van der Waals surface area (Å²) in [5.41, 5.74) is 3.38. The van der Waals surface area contributed by atoms with Crippen LogP contribution in [0.15, 0.2) is 97.6 Å². The average molecular weight is 779 g/mol. The van der Waals surface area contributed by atoms with E-state index in [0.717, 1.165) is 58.4 Å². The van der Waals surface area contributed by atoms with Gasteiger partial charge in [0, 0.05) is 56.1 Å². The molecule has 0 radical (unpaired) electrons. The number of carbonyl (C=O) groups is 4. The van der Waals surface area contributed by atoms with Crippen molar-refractivity contribution in [2.75, 3.05) is 30.8 Å². The SMILES string of the molecule is COCc1ccc(C(=O)Nc2nccnc2C(=O)NCC2CCC2)c2ccccc12.Cc1ccc(C(=O)Nc2nccnc2C(=O)NCC2CCC2)c2ccccc12. The number of methoxy groups -OCH3 is 1. The van der Waals surface area contributed by atoms with Crippen molar-refractivity contribution in [2.24, 2.45) is 11.8 Å². The average Bonchev–Trinajstić information content (AvgIpc) is 3.20. The molecule has 0 unspecified atom stereocenters. The van der Waals surface area contributed by atoms with Gasteiger partial charge in [-0.2, -0.15) is 0 Å². The molecule has 58 heavy (non-hydrogen) atoms. The molecule has 4 aromatic carbocycles. The molecule has 4 N–H and O–H groups in total. The predicted octanol–water partition coefficient (Wildman–Crippen LogP) is 7.28. The molecule has 2 aliphatic carbocycles. The summed E-state index contributed by atoms with van der Waals surface area (Å²) < 4.78 is 5.26. The molecular weight excluding hydrogens is 733 g/mol. The number of rotatable bonds is 12. The van der Waals surface area contributed by atoms with Crippen LogP contribution in [0, 0.1) is 18.8 Å². The van der Waals surface area contributed by atoms with Crippen LogP contribution in [0.4, 0.5) is 11.6 Å². The molecule has 296 valence electrons. The first-order chi connectivity index (χ1) is 28.3. The number of aryl methyl sites for hydroxylation is 1. The Morgan fingerprint density at radius 2 is 1.02 bits per heavy atom. The van der Waals surface area contributed by atoms with Crippen LogP contribution in [0.5, 0.6) is 0 Å². The minimum Gasteiger partial charge on any atom is -0.380 e. The summed E-state index contributed by atoms with van der Waals surface area (Å²) in [5, 5.41) is 15.0. The smallest absolute Gasteiger partial charge is 0.273 e. The number of hydrogen-bond donors (Lipinski definition) is 4. The van der Waals surface area contributed by atoms with Crippen LogP contribution in [0.2, 0.25) is 0 Å². The number of hydrogen-bond acceptors (Lipinski definition) is 9. The Bertz CT molecular complexity index is 2460. The minimum absolute atomic E-state index is 0.116. The highest BCUT2D eigenvalue weighted by Gasteiger charge is 2.24. The highest BCUT2D eigenvalue weighted by molar-refractivity contribution is 6.15. The third-order valence-electron chi connectivity index (χ3n) is 10.8. The molecule has 0 aliphatic heterocycles. The van der Waals surface area contributed by atoms with Crippen molar-refractivity contribution in [3.05, 3.63) is 131 Å². The lowest BCUT2D eigenvalue weighted by molar-refractivity contribution is 0.0926. The zero-order chi connectivity index (χ0) is 40.4. The van der Waals surface area contributed by atoms with Gasteiger partial charge < -0.3 is 26.0 Å². The molecule has 2 saturated carbocycles. The fraction of sp³-hybridized carbons (Fsp3) is 0.289. The molecular formula is C45H46N8O5. The maximum atomic E-state index is 13.1. The number of anilines is 2. The molecule has 13 heteroatoms. The number of benzene rings is 4. The van der Waals surface area contributed by atoms with Crippen molar-refractivity contribution in [1.82, 2.24) is 30.6 Å². The Morgan fingerprint density at radius 3 is 1.50 bits per heavy atom. The minimum atomic E-state index is -0.344. The highest BCUT2D eigenvalue weighted by atomic mass is 16.5. The van der Waals surface area contributed by atoms with Crippen LogP contribution >= 0.6 is 0 Å². The van der Waals surface area contributed by atoms with Gasteiger partial charge in [-0.05, 0) is 89.2 Å². The van der Waals surface area contributed by atoms with E-state index in [0.29, 0.717) is 42.7 Å². The van der Waals surface area contributed by atoms with E-state index < -0.39 is 0 Å². The van der Waals surface area contributed by atoms with Crippen molar-refractivity contribution >= 4 is 56.8 Å². The standard InChI is InChI=1S/C23H24N4O3.C22H22N4O2/c1-30-14-16-9-10-19(18-8-3-2-7-17(16)18)22(28)27-21-20(24-11-12-25-21)23(29)26-13-15-5-4-6-15;1-14-9-10-18(17-8-3-2-7-16(14)17)21(27)26-20-19(23-11-12-24-20)22(28)25-13-15-5-4-6-15/h2-3,7-12,15H,4-6,13-14H2,1H3,(H,26,29)(H,25,27,28);2-3,7-12,15H,4-6,13H2,1H3,(H,25,28)(H,24,26,27). The van der Waals surface area contributed by atoms with E-state index in [-0.39, 0.29) is 46.7 Å². The highest BCUT2D eigenvalue weighted by Crippen LogP contribution is 2.28. The lowest BCUT2D eigenvalue weighted by atomic mass is 9.85. The molecule has 6 aromatic rings. The number of nitrogens with one attached hydrogen (secondary N) is 4. The van der Waals surface area contributed by atoms with Crippen LogP contribution < -0.4 is 21.3 Å². The zero-order valence-electron chi connectivity index (χ0n) is 32.6. The topological polar surface area (TPSA) is 177 Å². The largest absolute Gasteiger partial charge is 0.380 e. The van der Waals surface area contributed by atoms with Crippen LogP contribution in [0.1, 0.15) is 91.3 Å². The lowest BCUT2D eigenvalue weighted by Crippen LogP contribution is -2.33. The second kappa shape index (κ2) is 18.6. The molecule has 2 aliphatic rings. The third-order valence-corrected chi connectivity index (χ3v) is 10.8. The van der Waals surface area contributed by atoms with Crippen molar-refractivity contribution in [2.45, 2.75) is 52.1 Å². The van der Waals surface area contributed by atoms with Crippen molar-refractivity contribution in [1.29, 1.82) is 0 Å². The number of amides is 4. The van der Waals surface area contributed by atoms with Gasteiger partial charge in [0.15, 0.2) is 23.0 Å². The van der Waals surface area contributed by atoms with Crippen LogP contribution in [-0.2, 0) is 11.3 Å². The first-order valence-electron chi connectivity index (χ1n) is 19.6. The van der Waals surface area contributed by atoms with Gasteiger partial charge in [-0.3, -0.25) is 19.2 Å². The van der Waals surface area contributed by atoms with E-state index >= 15 is 0 Å². The van der Waals surface area contributed by atoms with Gasteiger partial charge >= 0.3 is 0 Å². The summed E-state index contributed by atoms with van der Waals surface area (Å²) in [6.07, 6.45) is 12.8. The summed E-state index contributed by atoms with van der Waals surface area (Å²) in [5.74, 6) is 0.0864. The molecule has 0 atom stereocenters. The Morgan fingerprint density at radius 1 is 0.569 bits per heavy atom. The van der Waals surface area contributed by atoms with E-state index in [1.165, 1.54) is 37.6 Å². The predicted molar refractivity (Wildman–Crippen MR) is 223 cm³/mol. The van der Waals surface area contributed by atoms with Gasteiger partial charge in [0.25, 0.3) is 23.6 Å². The number of ether oxygens (including phenoxy) is 1. The molecule has 13 nitrogen and oxygen atoms in total. The van der Waals surface area contributed by atoms with Crippen molar-refractivity contribution in [3.63, 3.8) is 0 Å². The van der Waals surface area contributed by atoms with Crippen molar-refractivity contribution < 1.29 is 23.9 Å². The molecule has 2 fully saturated rings. The van der Waals surface area contributed by atoms with E-state index in [1.807, 2.05) is 67.6 Å². The number of nitrogens with zero attached hydrogens (tertiary/aromatic N) is 4. The first kappa shape index (κ1) is 39.6. The zero-order valence-corrected chi connectivity index (χ0v) is 32.6. The second-order valence-corrected chi connectivity index (χ2v) is 14.7. The maximum absolute atomic E-state index is 13.1. The number of carbonyl (C=O) groups excluding carboxylic acids is 4. The Hall–Kier alpha value is -6.60. The van der Waals surface area contributed by atoms with Gasteiger partial charge in [-0.25, -0.2) is 19.9 Å². The monoisotopic (exact) mass is 778 g/mol. The van der Waals surface area contributed by atoms with E-state index in [4.69, 9.17) is 4.74 Å². The summed E-state index contributed by atoms with van der Waals surface area (Å²) >= 11 is 0. The fourth-order valence-corrected chi connectivity index (χ4v) is 7.07. The fourth-order valence-electron chi connectivity index (χ4n) is 7.07. The Labute approximate surface area is 336 Å². The van der Waals surface area contributed by atoms with Crippen LogP contribution in [0.3, 0.4) is 0 Å². The van der Waals surface area contributed by atoms with Gasteiger partial charge in [0.05, 0.1) is 6.61 Å². The normalized spacial score (nSPS) is 13.7. The summed E-state index contributed by atoms with van der Waals surface area (Å²) in [6, 6.07) is 22.8. The van der Waals surface area contributed by atoms with Crippen LogP contribution in [0.25, 0.3) is 21.5 Å².